The van der Waals surface area contributed by atoms with Crippen molar-refractivity contribution in [3.05, 3.63) is 0 Å². The number of hydrogen-bond donors (Lipinski definition) is 1. The van der Waals surface area contributed by atoms with Crippen molar-refractivity contribution in [3.8, 4) is 0 Å². The average Bonchev–Trinajstić information content (AvgIpc) is 2.60. The summed E-state index contributed by atoms with van der Waals surface area (Å²) in [7, 11) is -2.88. The Kier molecular flexibility index (Phi) is 2.57. The fraction of sp³-hybridized carbons (Fsp3) is 1.00. The minimum Gasteiger partial charge on any atom is -0.378 e. The molecule has 2 unspecified atom stereocenters. The van der Waals surface area contributed by atoms with Crippen molar-refractivity contribution < 1.29 is 13.2 Å². The van der Waals surface area contributed by atoms with Crippen molar-refractivity contribution in [1.82, 2.24) is 0 Å². The molecule has 0 aromatic rings. The second-order valence-electron chi connectivity index (χ2n) is 4.54. The summed E-state index contributed by atoms with van der Waals surface area (Å²) in [5.41, 5.74) is 5.54. The summed E-state index contributed by atoms with van der Waals surface area (Å²) in [5, 5.41) is 0. The second-order valence-corrected chi connectivity index (χ2v) is 6.73. The van der Waals surface area contributed by atoms with Gasteiger partial charge in [-0.1, -0.05) is 0 Å². The van der Waals surface area contributed by atoms with Crippen LogP contribution in [-0.4, -0.2) is 38.2 Å². The first kappa shape index (κ1) is 10.4. The molecule has 0 aliphatic carbocycles. The van der Waals surface area contributed by atoms with Gasteiger partial charge in [-0.05, 0) is 25.7 Å². The van der Waals surface area contributed by atoms with E-state index in [2.05, 4.69) is 0 Å². The van der Waals surface area contributed by atoms with Gasteiger partial charge in [0.1, 0.15) is 0 Å². The van der Waals surface area contributed by atoms with Crippen molar-refractivity contribution in [2.45, 2.75) is 37.3 Å². The van der Waals surface area contributed by atoms with Gasteiger partial charge in [-0.2, -0.15) is 0 Å². The molecule has 2 heterocycles. The minimum absolute atomic E-state index is 0.139. The van der Waals surface area contributed by atoms with Crippen LogP contribution >= 0.6 is 0 Å². The minimum atomic E-state index is -2.88. The third-order valence-electron chi connectivity index (χ3n) is 3.08. The van der Waals surface area contributed by atoms with Gasteiger partial charge in [-0.3, -0.25) is 0 Å². The lowest BCUT2D eigenvalue weighted by atomic mass is 9.92. The van der Waals surface area contributed by atoms with Crippen LogP contribution in [0.25, 0.3) is 0 Å². The largest absolute Gasteiger partial charge is 0.378 e. The van der Waals surface area contributed by atoms with E-state index in [1.165, 1.54) is 0 Å². The number of ether oxygens (including phenoxy) is 1. The fourth-order valence-corrected chi connectivity index (χ4v) is 4.36. The highest BCUT2D eigenvalue weighted by molar-refractivity contribution is 7.91. The van der Waals surface area contributed by atoms with E-state index in [9.17, 15) is 8.42 Å². The predicted octanol–water partition coefficient (Wildman–Crippen LogP) is 0.0715. The Labute approximate surface area is 84.7 Å². The van der Waals surface area contributed by atoms with Gasteiger partial charge in [0.15, 0.2) is 9.84 Å². The van der Waals surface area contributed by atoms with E-state index in [0.717, 1.165) is 19.4 Å². The Morgan fingerprint density at radius 1 is 1.50 bits per heavy atom. The lowest BCUT2D eigenvalue weighted by Crippen LogP contribution is -2.43. The molecule has 0 radical (unpaired) electrons. The van der Waals surface area contributed by atoms with Crippen LogP contribution in [-0.2, 0) is 14.6 Å². The van der Waals surface area contributed by atoms with Gasteiger partial charge in [-0.15, -0.1) is 0 Å². The van der Waals surface area contributed by atoms with Crippen molar-refractivity contribution in [2.75, 3.05) is 18.1 Å². The van der Waals surface area contributed by atoms with Crippen molar-refractivity contribution in [3.63, 3.8) is 0 Å². The summed E-state index contributed by atoms with van der Waals surface area (Å²) in [6.07, 6.45) is 3.58. The van der Waals surface area contributed by atoms with E-state index in [4.69, 9.17) is 10.5 Å². The van der Waals surface area contributed by atoms with Gasteiger partial charge >= 0.3 is 0 Å². The molecule has 14 heavy (non-hydrogen) atoms. The predicted molar refractivity (Wildman–Crippen MR) is 53.8 cm³/mol. The smallest absolute Gasteiger partial charge is 0.152 e. The van der Waals surface area contributed by atoms with Crippen LogP contribution < -0.4 is 5.73 Å². The molecule has 0 aromatic carbocycles. The maximum atomic E-state index is 11.3. The molecule has 0 saturated carbocycles. The standard InChI is InChI=1S/C9H17NO3S/c10-9(3-5-14(11,12)7-9)6-8-2-1-4-13-8/h8H,1-7,10H2. The van der Waals surface area contributed by atoms with Gasteiger partial charge in [0.05, 0.1) is 17.6 Å². The zero-order valence-electron chi connectivity index (χ0n) is 8.24. The highest BCUT2D eigenvalue weighted by Gasteiger charge is 2.41. The number of nitrogens with two attached hydrogens (primary N) is 1. The summed E-state index contributed by atoms with van der Waals surface area (Å²) >= 11 is 0. The van der Waals surface area contributed by atoms with E-state index in [0.29, 0.717) is 12.8 Å². The van der Waals surface area contributed by atoms with E-state index in [1.54, 1.807) is 0 Å². The van der Waals surface area contributed by atoms with Crippen molar-refractivity contribution in [2.24, 2.45) is 5.73 Å². The van der Waals surface area contributed by atoms with Crippen LogP contribution in [0.15, 0.2) is 0 Å². The van der Waals surface area contributed by atoms with Gasteiger partial charge in [-0.25, -0.2) is 8.42 Å². The molecule has 0 bridgehead atoms. The number of hydrogen-bond acceptors (Lipinski definition) is 4. The lowest BCUT2D eigenvalue weighted by Gasteiger charge is -2.25. The summed E-state index contributed by atoms with van der Waals surface area (Å²) in [4.78, 5) is 0. The first-order chi connectivity index (χ1) is 6.49. The zero-order chi connectivity index (χ0) is 10.2. The summed E-state index contributed by atoms with van der Waals surface area (Å²) in [6.45, 7) is 0.799. The van der Waals surface area contributed by atoms with Crippen LogP contribution in [0.1, 0.15) is 25.7 Å². The molecule has 0 amide bonds. The molecule has 2 aliphatic rings. The van der Waals surface area contributed by atoms with Crippen LogP contribution in [0.4, 0.5) is 0 Å². The summed E-state index contributed by atoms with van der Waals surface area (Å²) < 4.78 is 28.1. The van der Waals surface area contributed by atoms with Gasteiger partial charge in [0.25, 0.3) is 0 Å². The third kappa shape index (κ3) is 2.27. The van der Waals surface area contributed by atoms with E-state index < -0.39 is 15.4 Å². The van der Waals surface area contributed by atoms with E-state index >= 15 is 0 Å². The molecule has 2 fully saturated rings. The molecule has 2 N–H and O–H groups in total. The summed E-state index contributed by atoms with van der Waals surface area (Å²) in [5.74, 6) is 0.385. The Bertz CT molecular complexity index is 308. The molecule has 2 saturated heterocycles. The van der Waals surface area contributed by atoms with Crippen LogP contribution in [0, 0.1) is 0 Å². The molecule has 2 rings (SSSR count). The average molecular weight is 219 g/mol. The molecular formula is C9H17NO3S. The Hall–Kier alpha value is -0.130. The third-order valence-corrected chi connectivity index (χ3v) is 4.92. The van der Waals surface area contributed by atoms with Crippen LogP contribution in [0.3, 0.4) is 0 Å². The first-order valence-corrected chi connectivity index (χ1v) is 6.92. The molecule has 0 spiro atoms. The monoisotopic (exact) mass is 219 g/mol. The molecular weight excluding hydrogens is 202 g/mol. The topological polar surface area (TPSA) is 69.4 Å². The van der Waals surface area contributed by atoms with Crippen molar-refractivity contribution in [1.29, 1.82) is 0 Å². The maximum absolute atomic E-state index is 11.3. The molecule has 82 valence electrons. The quantitative estimate of drug-likeness (QED) is 0.713. The normalized spacial score (nSPS) is 41.6. The molecule has 2 atom stereocenters. The van der Waals surface area contributed by atoms with Gasteiger partial charge < -0.3 is 10.5 Å². The fourth-order valence-electron chi connectivity index (χ4n) is 2.36. The first-order valence-electron chi connectivity index (χ1n) is 5.10. The molecule has 2 aliphatic heterocycles. The number of sulfone groups is 1. The van der Waals surface area contributed by atoms with Crippen molar-refractivity contribution >= 4 is 9.84 Å². The lowest BCUT2D eigenvalue weighted by molar-refractivity contribution is 0.0870. The Morgan fingerprint density at radius 3 is 2.79 bits per heavy atom. The highest BCUT2D eigenvalue weighted by atomic mass is 32.2. The van der Waals surface area contributed by atoms with E-state index in [-0.39, 0.29) is 17.6 Å². The van der Waals surface area contributed by atoms with Gasteiger partial charge in [0.2, 0.25) is 0 Å². The Balaban J connectivity index is 1.96. The highest BCUT2D eigenvalue weighted by Crippen LogP contribution is 2.29. The molecule has 5 heteroatoms. The molecule has 4 nitrogen and oxygen atoms in total. The van der Waals surface area contributed by atoms with Gasteiger partial charge in [0, 0.05) is 12.1 Å². The summed E-state index contributed by atoms with van der Waals surface area (Å²) in [6, 6.07) is 0. The number of rotatable bonds is 2. The van der Waals surface area contributed by atoms with Crippen LogP contribution in [0.2, 0.25) is 0 Å². The maximum Gasteiger partial charge on any atom is 0.152 e. The zero-order valence-corrected chi connectivity index (χ0v) is 9.05. The molecule has 0 aromatic heterocycles. The Morgan fingerprint density at radius 2 is 2.29 bits per heavy atom. The second kappa shape index (κ2) is 3.47. The SMILES string of the molecule is NC1(CC2CCCO2)CCS(=O)(=O)C1. The van der Waals surface area contributed by atoms with E-state index in [1.807, 2.05) is 0 Å². The van der Waals surface area contributed by atoms with Crippen LogP contribution in [0.5, 0.6) is 0 Å².